The van der Waals surface area contributed by atoms with Gasteiger partial charge in [0.05, 0.1) is 6.10 Å². The van der Waals surface area contributed by atoms with Gasteiger partial charge in [-0.3, -0.25) is 0 Å². The van der Waals surface area contributed by atoms with Crippen molar-refractivity contribution < 1.29 is 5.11 Å². The van der Waals surface area contributed by atoms with Crippen LogP contribution in [0.25, 0.3) is 0 Å². The maximum absolute atomic E-state index is 9.07. The predicted molar refractivity (Wildman–Crippen MR) is 93.5 cm³/mol. The summed E-state index contributed by atoms with van der Waals surface area (Å²) in [5.41, 5.74) is 1.06. The van der Waals surface area contributed by atoms with Crippen molar-refractivity contribution in [2.75, 3.05) is 31.9 Å². The normalized spacial score (nSPS) is 19.9. The first-order valence-electron chi connectivity index (χ1n) is 7.21. The van der Waals surface area contributed by atoms with Gasteiger partial charge in [0.25, 0.3) is 0 Å². The average molecular weight is 292 g/mol. The molecule has 0 aromatic rings. The molecule has 0 saturated carbocycles. The van der Waals surface area contributed by atoms with E-state index in [1.807, 2.05) is 20.8 Å². The molecule has 1 N–H and O–H groups in total. The Morgan fingerprint density at radius 2 is 1.58 bits per heavy atom. The average Bonchev–Trinajstić information content (AvgIpc) is 2.66. The first-order chi connectivity index (χ1) is 8.45. The van der Waals surface area contributed by atoms with Crippen LogP contribution in [0, 0.1) is 0 Å². The van der Waals surface area contributed by atoms with E-state index in [1.165, 1.54) is 0 Å². The zero-order valence-electron chi connectivity index (χ0n) is 14.7. The molecule has 0 amide bonds. The molecule has 1 atom stereocenters. The van der Waals surface area contributed by atoms with Crippen molar-refractivity contribution in [1.82, 2.24) is 4.90 Å². The summed E-state index contributed by atoms with van der Waals surface area (Å²) in [5.74, 6) is 0. The Morgan fingerprint density at radius 1 is 1.21 bits per heavy atom. The van der Waals surface area contributed by atoms with Crippen LogP contribution < -0.4 is 0 Å². The second kappa shape index (κ2) is 8.91. The Bertz CT molecular complexity index is 238. The molecule has 0 aromatic carbocycles. The molecule has 0 aromatic heterocycles. The molecule has 1 rings (SSSR count). The molecule has 1 saturated heterocycles. The Morgan fingerprint density at radius 3 is 1.68 bits per heavy atom. The van der Waals surface area contributed by atoms with E-state index in [-0.39, 0.29) is 16.1 Å². The van der Waals surface area contributed by atoms with Gasteiger partial charge in [0.15, 0.2) is 0 Å². The van der Waals surface area contributed by atoms with Crippen LogP contribution in [0.1, 0.15) is 48.0 Å². The number of rotatable bonds is 1. The molecule has 0 bridgehead atoms. The van der Waals surface area contributed by atoms with Gasteiger partial charge in [-0.05, 0) is 36.9 Å². The summed E-state index contributed by atoms with van der Waals surface area (Å²) >= 11 is 0. The van der Waals surface area contributed by atoms with E-state index in [2.05, 4.69) is 51.0 Å². The van der Waals surface area contributed by atoms with Gasteiger partial charge in [0, 0.05) is 18.8 Å². The fraction of sp³-hybridized carbons (Fsp3) is 0.875. The highest BCUT2D eigenvalue weighted by atomic mass is 32.3. The third kappa shape index (κ3) is 9.39. The van der Waals surface area contributed by atoms with E-state index in [9.17, 15) is 0 Å². The minimum Gasteiger partial charge on any atom is -0.391 e. The monoisotopic (exact) mass is 291 g/mol. The third-order valence-corrected chi connectivity index (χ3v) is 7.21. The number of β-amino-alcohol motifs (C(OH)–C–C–N with tert-alkyl or cyclic N) is 1. The van der Waals surface area contributed by atoms with Crippen LogP contribution in [0.3, 0.4) is 0 Å². The van der Waals surface area contributed by atoms with Gasteiger partial charge in [-0.15, -0.1) is 0 Å². The summed E-state index contributed by atoms with van der Waals surface area (Å²) in [6.07, 6.45) is 7.83. The van der Waals surface area contributed by atoms with Crippen molar-refractivity contribution in [3.05, 3.63) is 12.3 Å². The molecule has 3 heteroatoms. The Hall–Kier alpha value is -0.150. The first kappa shape index (κ1) is 21.2. The number of aliphatic hydroxyl groups is 1. The predicted octanol–water partition coefficient (Wildman–Crippen LogP) is 4.09. The number of hydrogen-bond acceptors (Lipinski definition) is 2. The number of nitrogens with zero attached hydrogens (tertiary/aromatic N) is 1. The second-order valence-electron chi connectivity index (χ2n) is 6.57. The topological polar surface area (TPSA) is 23.5 Å². The number of hydrogen-bond donors (Lipinski definition) is 1. The zero-order chi connectivity index (χ0) is 15.9. The summed E-state index contributed by atoms with van der Waals surface area (Å²) in [5, 5.41) is 9.07. The maximum atomic E-state index is 9.07. The largest absolute Gasteiger partial charge is 0.391 e. The third-order valence-electron chi connectivity index (χ3n) is 3.54. The van der Waals surface area contributed by atoms with Gasteiger partial charge < -0.3 is 10.0 Å². The van der Waals surface area contributed by atoms with Gasteiger partial charge in [0.2, 0.25) is 0 Å². The highest BCUT2D eigenvalue weighted by molar-refractivity contribution is 8.33. The van der Waals surface area contributed by atoms with E-state index < -0.39 is 0 Å². The molecule has 118 valence electrons. The summed E-state index contributed by atoms with van der Waals surface area (Å²) in [6, 6.07) is 0. The van der Waals surface area contributed by atoms with Crippen molar-refractivity contribution in [3.8, 4) is 0 Å². The lowest BCUT2D eigenvalue weighted by atomic mass is 10.3. The highest BCUT2D eigenvalue weighted by Crippen LogP contribution is 2.48. The number of aliphatic hydroxyl groups excluding tert-OH is 1. The molecule has 2 nitrogen and oxygen atoms in total. The van der Waals surface area contributed by atoms with Crippen LogP contribution in [0.4, 0.5) is 0 Å². The molecule has 1 aliphatic heterocycles. The van der Waals surface area contributed by atoms with Crippen LogP contribution in [-0.2, 0) is 0 Å². The van der Waals surface area contributed by atoms with Crippen LogP contribution in [-0.4, -0.2) is 52.7 Å². The Balaban J connectivity index is 0. The molecule has 1 aliphatic rings. The lowest BCUT2D eigenvalue weighted by Gasteiger charge is -2.40. The van der Waals surface area contributed by atoms with Crippen LogP contribution >= 0.6 is 10.0 Å². The summed E-state index contributed by atoms with van der Waals surface area (Å²) in [6.45, 7) is 18.4. The SMILES string of the molecule is C=C(C)N1CC[C@H](O)C1.CC.CC(C)(C)S(C)(C)C. The Labute approximate surface area is 123 Å². The van der Waals surface area contributed by atoms with Gasteiger partial charge in [-0.25, -0.2) is 10.0 Å². The van der Waals surface area contributed by atoms with Crippen molar-refractivity contribution >= 4 is 10.0 Å². The lowest BCUT2D eigenvalue weighted by Crippen LogP contribution is -2.21. The summed E-state index contributed by atoms with van der Waals surface area (Å²) in [4.78, 5) is 2.10. The number of likely N-dealkylation sites (tertiary alicyclic amines) is 1. The first-order valence-corrected chi connectivity index (χ1v) is 10.1. The van der Waals surface area contributed by atoms with Gasteiger partial charge >= 0.3 is 0 Å². The Kier molecular flexibility index (Phi) is 9.92. The quantitative estimate of drug-likeness (QED) is 0.786. The fourth-order valence-corrected chi connectivity index (χ4v) is 1.09. The second-order valence-corrected chi connectivity index (χ2v) is 11.5. The standard InChI is InChI=1S/C7H13NO.C7H18S.C2H6/c1-6(2)8-4-3-7(9)5-8;1-7(2,3)8(4,5)6;1-2/h7,9H,1,3-5H2,2H3;1-6H3;1-2H3/t7-;;/m0../s1. The number of allylic oxidation sites excluding steroid dienone is 1. The molecule has 1 fully saturated rings. The minimum atomic E-state index is -0.340. The smallest absolute Gasteiger partial charge is 0.0731 e. The van der Waals surface area contributed by atoms with Crippen LogP contribution in [0.5, 0.6) is 0 Å². The molecule has 0 radical (unpaired) electrons. The molecule has 0 spiro atoms. The van der Waals surface area contributed by atoms with E-state index in [4.69, 9.17) is 5.11 Å². The van der Waals surface area contributed by atoms with Gasteiger partial charge in [-0.1, -0.05) is 41.2 Å². The highest BCUT2D eigenvalue weighted by Gasteiger charge is 2.22. The van der Waals surface area contributed by atoms with Gasteiger partial charge in [0.1, 0.15) is 0 Å². The lowest BCUT2D eigenvalue weighted by molar-refractivity contribution is 0.184. The van der Waals surface area contributed by atoms with E-state index in [0.717, 1.165) is 25.2 Å². The van der Waals surface area contributed by atoms with E-state index in [0.29, 0.717) is 4.75 Å². The van der Waals surface area contributed by atoms with E-state index in [1.54, 1.807) is 0 Å². The zero-order valence-corrected chi connectivity index (χ0v) is 15.5. The van der Waals surface area contributed by atoms with Crippen LogP contribution in [0.15, 0.2) is 12.3 Å². The molecule has 0 aliphatic carbocycles. The molecular weight excluding hydrogens is 254 g/mol. The van der Waals surface area contributed by atoms with E-state index >= 15 is 0 Å². The molecule has 19 heavy (non-hydrogen) atoms. The van der Waals surface area contributed by atoms with Crippen molar-refractivity contribution in [2.45, 2.75) is 58.8 Å². The van der Waals surface area contributed by atoms with Gasteiger partial charge in [-0.2, -0.15) is 0 Å². The summed E-state index contributed by atoms with van der Waals surface area (Å²) in [7, 11) is -0.340. The maximum Gasteiger partial charge on any atom is 0.0731 e. The summed E-state index contributed by atoms with van der Waals surface area (Å²) < 4.78 is 0.521. The fourth-order valence-electron chi connectivity index (χ4n) is 1.09. The molecule has 0 unspecified atom stereocenters. The van der Waals surface area contributed by atoms with Crippen molar-refractivity contribution in [3.63, 3.8) is 0 Å². The van der Waals surface area contributed by atoms with Crippen molar-refractivity contribution in [1.29, 1.82) is 0 Å². The molecule has 1 heterocycles. The van der Waals surface area contributed by atoms with Crippen molar-refractivity contribution in [2.24, 2.45) is 0 Å². The minimum absolute atomic E-state index is 0.123. The van der Waals surface area contributed by atoms with Crippen LogP contribution in [0.2, 0.25) is 0 Å². The molecular formula is C16H37NOS.